The van der Waals surface area contributed by atoms with Crippen molar-refractivity contribution >= 4 is 51.0 Å². The van der Waals surface area contributed by atoms with Gasteiger partial charge in [-0.25, -0.2) is 0 Å². The van der Waals surface area contributed by atoms with Gasteiger partial charge in [-0.05, 0) is 42.7 Å². The highest BCUT2D eigenvalue weighted by Crippen LogP contribution is 2.32. The summed E-state index contributed by atoms with van der Waals surface area (Å²) in [7, 11) is 0. The molecule has 0 amide bonds. The number of fused-ring (bicyclic) bond motifs is 2. The Balaban J connectivity index is 2.46. The molecule has 3 aromatic rings. The maximum Gasteiger partial charge on any atom is 0.325 e. The highest BCUT2D eigenvalue weighted by Gasteiger charge is 2.18. The molecule has 0 atom stereocenters. The number of nitrogens with zero attached hydrogens (tertiary/aromatic N) is 1. The van der Waals surface area contributed by atoms with Gasteiger partial charge in [0.2, 0.25) is 0 Å². The number of carbonyl (C=O) groups is 1. The van der Waals surface area contributed by atoms with E-state index >= 15 is 0 Å². The lowest BCUT2D eigenvalue weighted by Crippen LogP contribution is -2.18. The van der Waals surface area contributed by atoms with E-state index in [0.29, 0.717) is 26.8 Å². The summed E-state index contributed by atoms with van der Waals surface area (Å²) in [6, 6.07) is 8.90. The van der Waals surface area contributed by atoms with E-state index in [2.05, 4.69) is 13.8 Å². The molecule has 0 bridgehead atoms. The maximum absolute atomic E-state index is 13.0. The van der Waals surface area contributed by atoms with E-state index in [1.165, 1.54) is 0 Å². The Morgan fingerprint density at radius 1 is 1.15 bits per heavy atom. The number of benzene rings is 2. The number of rotatable bonds is 4. The normalized spacial score (nSPS) is 11.5. The largest absolute Gasteiger partial charge is 0.465 e. The fourth-order valence-corrected chi connectivity index (χ4v) is 3.49. The Morgan fingerprint density at radius 3 is 2.50 bits per heavy atom. The summed E-state index contributed by atoms with van der Waals surface area (Å²) in [4.78, 5) is 25.2. The van der Waals surface area contributed by atoms with Crippen LogP contribution in [0.15, 0.2) is 35.1 Å². The van der Waals surface area contributed by atoms with Crippen LogP contribution in [0, 0.1) is 0 Å². The van der Waals surface area contributed by atoms with E-state index in [0.717, 1.165) is 5.56 Å². The van der Waals surface area contributed by atoms with Gasteiger partial charge in [0.1, 0.15) is 6.54 Å². The number of aromatic nitrogens is 1. The van der Waals surface area contributed by atoms with E-state index in [-0.39, 0.29) is 29.5 Å². The van der Waals surface area contributed by atoms with Crippen molar-refractivity contribution in [3.63, 3.8) is 0 Å². The van der Waals surface area contributed by atoms with E-state index in [1.54, 1.807) is 29.7 Å². The lowest BCUT2D eigenvalue weighted by Gasteiger charge is -2.17. The second kappa shape index (κ2) is 7.29. The fraction of sp³-hybridized carbons (Fsp3) is 0.300. The molecule has 136 valence electrons. The average molecular weight is 392 g/mol. The van der Waals surface area contributed by atoms with Crippen LogP contribution in [0.1, 0.15) is 32.3 Å². The van der Waals surface area contributed by atoms with Gasteiger partial charge < -0.3 is 9.30 Å². The van der Waals surface area contributed by atoms with Crippen LogP contribution in [0.25, 0.3) is 21.8 Å². The molecule has 1 aromatic heterocycles. The molecule has 0 aliphatic rings. The Labute approximate surface area is 161 Å². The Kier molecular flexibility index (Phi) is 5.26. The van der Waals surface area contributed by atoms with Crippen molar-refractivity contribution in [2.24, 2.45) is 0 Å². The first-order chi connectivity index (χ1) is 12.3. The van der Waals surface area contributed by atoms with Crippen molar-refractivity contribution in [2.75, 3.05) is 6.61 Å². The number of pyridine rings is 1. The monoisotopic (exact) mass is 391 g/mol. The molecule has 0 aliphatic heterocycles. The lowest BCUT2D eigenvalue weighted by molar-refractivity contribution is -0.143. The maximum atomic E-state index is 13.0. The van der Waals surface area contributed by atoms with E-state index < -0.39 is 5.97 Å². The zero-order valence-electron chi connectivity index (χ0n) is 14.8. The molecule has 1 heterocycles. The zero-order chi connectivity index (χ0) is 19.0. The number of esters is 1. The van der Waals surface area contributed by atoms with Gasteiger partial charge in [-0.1, -0.05) is 43.1 Å². The molecule has 4 nitrogen and oxygen atoms in total. The van der Waals surface area contributed by atoms with Crippen LogP contribution in [0.2, 0.25) is 10.0 Å². The average Bonchev–Trinajstić information content (AvgIpc) is 2.61. The zero-order valence-corrected chi connectivity index (χ0v) is 16.3. The van der Waals surface area contributed by atoms with E-state index in [9.17, 15) is 9.59 Å². The van der Waals surface area contributed by atoms with Crippen molar-refractivity contribution < 1.29 is 9.53 Å². The van der Waals surface area contributed by atoms with Gasteiger partial charge in [0.25, 0.3) is 0 Å². The Bertz CT molecular complexity index is 1070. The topological polar surface area (TPSA) is 48.3 Å². The standard InChI is InChI=1S/C20H19Cl2NO3/c1-4-26-17(24)10-23-16-9-12(11(2)3)5-6-13(16)20(25)14-7-8-15(21)18(22)19(14)23/h5-9,11H,4,10H2,1-3H3. The molecule has 0 unspecified atom stereocenters. The first-order valence-corrected chi connectivity index (χ1v) is 9.20. The highest BCUT2D eigenvalue weighted by molar-refractivity contribution is 6.45. The van der Waals surface area contributed by atoms with E-state index in [1.807, 2.05) is 12.1 Å². The Morgan fingerprint density at radius 2 is 1.85 bits per heavy atom. The van der Waals surface area contributed by atoms with Crippen LogP contribution in [0.4, 0.5) is 0 Å². The minimum absolute atomic E-state index is 0.0528. The number of hydrogen-bond donors (Lipinski definition) is 0. The summed E-state index contributed by atoms with van der Waals surface area (Å²) in [6.07, 6.45) is 0. The predicted molar refractivity (Wildman–Crippen MR) is 106 cm³/mol. The molecule has 3 rings (SSSR count). The summed E-state index contributed by atoms with van der Waals surface area (Å²) in [5, 5.41) is 1.54. The molecule has 0 saturated heterocycles. The Hall–Kier alpha value is -2.04. The number of carbonyl (C=O) groups excluding carboxylic acids is 1. The van der Waals surface area contributed by atoms with Gasteiger partial charge in [0.15, 0.2) is 5.43 Å². The molecular weight excluding hydrogens is 373 g/mol. The number of hydrogen-bond acceptors (Lipinski definition) is 3. The predicted octanol–water partition coefficient (Wildman–Crippen LogP) is 5.15. The van der Waals surface area contributed by atoms with Gasteiger partial charge >= 0.3 is 5.97 Å². The van der Waals surface area contributed by atoms with Crippen LogP contribution in [0.5, 0.6) is 0 Å². The van der Waals surface area contributed by atoms with Gasteiger partial charge in [-0.3, -0.25) is 9.59 Å². The molecule has 2 aromatic carbocycles. The third-order valence-electron chi connectivity index (χ3n) is 4.40. The van der Waals surface area contributed by atoms with Gasteiger partial charge in [-0.15, -0.1) is 0 Å². The molecule has 0 fully saturated rings. The summed E-state index contributed by atoms with van der Waals surface area (Å²) < 4.78 is 6.83. The van der Waals surface area contributed by atoms with Gasteiger partial charge in [-0.2, -0.15) is 0 Å². The first kappa shape index (κ1) is 18.7. The van der Waals surface area contributed by atoms with Crippen molar-refractivity contribution in [1.29, 1.82) is 0 Å². The fourth-order valence-electron chi connectivity index (χ4n) is 3.08. The molecule has 6 heteroatoms. The number of halogens is 2. The van der Waals surface area contributed by atoms with Crippen LogP contribution in [-0.2, 0) is 16.1 Å². The highest BCUT2D eigenvalue weighted by atomic mass is 35.5. The lowest BCUT2D eigenvalue weighted by atomic mass is 10.00. The summed E-state index contributed by atoms with van der Waals surface area (Å²) in [6.45, 7) is 6.11. The second-order valence-corrected chi connectivity index (χ2v) is 7.19. The second-order valence-electron chi connectivity index (χ2n) is 6.41. The third-order valence-corrected chi connectivity index (χ3v) is 5.19. The molecule has 26 heavy (non-hydrogen) atoms. The van der Waals surface area contributed by atoms with Crippen LogP contribution in [-0.4, -0.2) is 17.1 Å². The molecule has 0 spiro atoms. The molecule has 0 aliphatic carbocycles. The van der Waals surface area contributed by atoms with Crippen molar-refractivity contribution in [3.8, 4) is 0 Å². The third kappa shape index (κ3) is 3.19. The summed E-state index contributed by atoms with van der Waals surface area (Å²) in [5.41, 5.74) is 2.02. The number of ether oxygens (including phenoxy) is 1. The van der Waals surface area contributed by atoms with Crippen LogP contribution < -0.4 is 5.43 Å². The van der Waals surface area contributed by atoms with E-state index in [4.69, 9.17) is 27.9 Å². The quantitative estimate of drug-likeness (QED) is 0.456. The minimum Gasteiger partial charge on any atom is -0.465 e. The smallest absolute Gasteiger partial charge is 0.325 e. The molecule has 0 N–H and O–H groups in total. The first-order valence-electron chi connectivity index (χ1n) is 8.45. The van der Waals surface area contributed by atoms with Gasteiger partial charge in [0.05, 0.1) is 27.7 Å². The SMILES string of the molecule is CCOC(=O)Cn1c2cc(C(C)C)ccc2c(=O)c2ccc(Cl)c(Cl)c21. The van der Waals surface area contributed by atoms with Crippen LogP contribution >= 0.6 is 23.2 Å². The van der Waals surface area contributed by atoms with Crippen molar-refractivity contribution in [2.45, 2.75) is 33.2 Å². The summed E-state index contributed by atoms with van der Waals surface area (Å²) >= 11 is 12.6. The molecule has 0 radical (unpaired) electrons. The van der Waals surface area contributed by atoms with Crippen molar-refractivity contribution in [3.05, 3.63) is 56.2 Å². The minimum atomic E-state index is -0.398. The van der Waals surface area contributed by atoms with Crippen LogP contribution in [0.3, 0.4) is 0 Å². The van der Waals surface area contributed by atoms with Gasteiger partial charge in [0, 0.05) is 10.8 Å². The van der Waals surface area contributed by atoms with Crippen molar-refractivity contribution in [1.82, 2.24) is 4.57 Å². The summed E-state index contributed by atoms with van der Waals surface area (Å²) in [5.74, 6) is -0.124. The molecule has 0 saturated carbocycles. The molecular formula is C20H19Cl2NO3.